The molecule has 0 amide bonds. The third-order valence-corrected chi connectivity index (χ3v) is 2.79. The normalized spacial score (nSPS) is 21.9. The van der Waals surface area contributed by atoms with Gasteiger partial charge in [-0.15, -0.1) is 0 Å². The number of benzene rings is 1. The fourth-order valence-corrected chi connectivity index (χ4v) is 1.98. The SMILES string of the molecule is COc1cccc(CN2CC[C@@H](O)C2)c1. The van der Waals surface area contributed by atoms with Gasteiger partial charge in [0.2, 0.25) is 0 Å². The lowest BCUT2D eigenvalue weighted by molar-refractivity contribution is 0.175. The smallest absolute Gasteiger partial charge is 0.119 e. The lowest BCUT2D eigenvalue weighted by Crippen LogP contribution is -2.21. The molecule has 1 atom stereocenters. The molecule has 1 saturated heterocycles. The summed E-state index contributed by atoms with van der Waals surface area (Å²) in [7, 11) is 1.68. The Morgan fingerprint density at radius 3 is 3.07 bits per heavy atom. The van der Waals surface area contributed by atoms with Gasteiger partial charge in [-0.3, -0.25) is 4.90 Å². The van der Waals surface area contributed by atoms with Crippen LogP contribution >= 0.6 is 0 Å². The maximum Gasteiger partial charge on any atom is 0.119 e. The second kappa shape index (κ2) is 4.64. The second-order valence-corrected chi connectivity index (χ2v) is 4.03. The highest BCUT2D eigenvalue weighted by molar-refractivity contribution is 5.28. The number of hydrogen-bond acceptors (Lipinski definition) is 3. The minimum atomic E-state index is -0.143. The molecule has 0 aliphatic carbocycles. The molecule has 3 nitrogen and oxygen atoms in total. The van der Waals surface area contributed by atoms with Gasteiger partial charge in [0.25, 0.3) is 0 Å². The van der Waals surface area contributed by atoms with Crippen molar-refractivity contribution in [1.29, 1.82) is 0 Å². The monoisotopic (exact) mass is 207 g/mol. The molecule has 0 bridgehead atoms. The summed E-state index contributed by atoms with van der Waals surface area (Å²) in [5, 5.41) is 9.41. The fraction of sp³-hybridized carbons (Fsp3) is 0.500. The second-order valence-electron chi connectivity index (χ2n) is 4.03. The summed E-state index contributed by atoms with van der Waals surface area (Å²) in [6, 6.07) is 8.08. The van der Waals surface area contributed by atoms with E-state index in [1.807, 2.05) is 18.2 Å². The zero-order chi connectivity index (χ0) is 10.7. The van der Waals surface area contributed by atoms with Crippen molar-refractivity contribution < 1.29 is 9.84 Å². The number of likely N-dealkylation sites (tertiary alicyclic amines) is 1. The predicted octanol–water partition coefficient (Wildman–Crippen LogP) is 1.26. The Morgan fingerprint density at radius 2 is 2.40 bits per heavy atom. The van der Waals surface area contributed by atoms with Crippen LogP contribution in [0.2, 0.25) is 0 Å². The molecule has 1 aromatic rings. The zero-order valence-corrected chi connectivity index (χ0v) is 9.02. The van der Waals surface area contributed by atoms with E-state index in [1.165, 1.54) is 5.56 Å². The summed E-state index contributed by atoms with van der Waals surface area (Å²) in [5.41, 5.74) is 1.24. The third-order valence-electron chi connectivity index (χ3n) is 2.79. The van der Waals surface area contributed by atoms with Gasteiger partial charge in [0.1, 0.15) is 5.75 Å². The third kappa shape index (κ3) is 2.70. The van der Waals surface area contributed by atoms with Gasteiger partial charge in [0.15, 0.2) is 0 Å². The molecule has 1 aliphatic rings. The summed E-state index contributed by atoms with van der Waals surface area (Å²) in [6.07, 6.45) is 0.750. The van der Waals surface area contributed by atoms with E-state index in [4.69, 9.17) is 4.74 Å². The first-order valence-corrected chi connectivity index (χ1v) is 5.31. The van der Waals surface area contributed by atoms with Gasteiger partial charge < -0.3 is 9.84 Å². The highest BCUT2D eigenvalue weighted by Gasteiger charge is 2.19. The van der Waals surface area contributed by atoms with Gasteiger partial charge in [0, 0.05) is 19.6 Å². The molecule has 15 heavy (non-hydrogen) atoms. The molecule has 1 aliphatic heterocycles. The first kappa shape index (κ1) is 10.5. The van der Waals surface area contributed by atoms with Crippen LogP contribution in [0.5, 0.6) is 5.75 Å². The maximum atomic E-state index is 9.41. The summed E-state index contributed by atoms with van der Waals surface area (Å²) in [5.74, 6) is 0.896. The molecule has 1 aromatic carbocycles. The topological polar surface area (TPSA) is 32.7 Å². The Balaban J connectivity index is 1.98. The molecule has 0 unspecified atom stereocenters. The Bertz CT molecular complexity index is 327. The number of β-amino-alcohol motifs (C(OH)–C–C–N with tert-alkyl or cyclic N) is 1. The van der Waals surface area contributed by atoms with Crippen molar-refractivity contribution in [2.45, 2.75) is 19.1 Å². The Hall–Kier alpha value is -1.06. The van der Waals surface area contributed by atoms with Crippen LogP contribution in [0.1, 0.15) is 12.0 Å². The average Bonchev–Trinajstić information content (AvgIpc) is 2.64. The fourth-order valence-electron chi connectivity index (χ4n) is 1.98. The number of ether oxygens (including phenoxy) is 1. The number of nitrogens with zero attached hydrogens (tertiary/aromatic N) is 1. The van der Waals surface area contributed by atoms with Crippen molar-refractivity contribution in [2.24, 2.45) is 0 Å². The van der Waals surface area contributed by atoms with Crippen molar-refractivity contribution in [1.82, 2.24) is 4.90 Å². The van der Waals surface area contributed by atoms with Crippen LogP contribution in [-0.2, 0) is 6.54 Å². The van der Waals surface area contributed by atoms with Crippen molar-refractivity contribution in [2.75, 3.05) is 20.2 Å². The lowest BCUT2D eigenvalue weighted by Gasteiger charge is -2.15. The van der Waals surface area contributed by atoms with Gasteiger partial charge >= 0.3 is 0 Å². The summed E-state index contributed by atoms with van der Waals surface area (Å²) >= 11 is 0. The number of aliphatic hydroxyl groups excluding tert-OH is 1. The number of methoxy groups -OCH3 is 1. The van der Waals surface area contributed by atoms with E-state index in [0.717, 1.165) is 31.8 Å². The van der Waals surface area contributed by atoms with Crippen LogP contribution in [0, 0.1) is 0 Å². The molecule has 0 saturated carbocycles. The quantitative estimate of drug-likeness (QED) is 0.810. The highest BCUT2D eigenvalue weighted by atomic mass is 16.5. The van der Waals surface area contributed by atoms with Crippen LogP contribution in [0.4, 0.5) is 0 Å². The molecule has 82 valence electrons. The first-order valence-electron chi connectivity index (χ1n) is 5.31. The molecule has 3 heteroatoms. The molecule has 0 spiro atoms. The van der Waals surface area contributed by atoms with Crippen LogP contribution in [0.25, 0.3) is 0 Å². The van der Waals surface area contributed by atoms with E-state index in [2.05, 4.69) is 11.0 Å². The van der Waals surface area contributed by atoms with Gasteiger partial charge in [-0.05, 0) is 24.1 Å². The van der Waals surface area contributed by atoms with Crippen LogP contribution in [-0.4, -0.2) is 36.3 Å². The Labute approximate surface area is 90.3 Å². The summed E-state index contributed by atoms with van der Waals surface area (Å²) < 4.78 is 5.17. The Kier molecular flexibility index (Phi) is 3.23. The van der Waals surface area contributed by atoms with Crippen molar-refractivity contribution in [3.8, 4) is 5.75 Å². The number of rotatable bonds is 3. The first-order chi connectivity index (χ1) is 7.28. The minimum Gasteiger partial charge on any atom is -0.497 e. The molecule has 0 aromatic heterocycles. The Morgan fingerprint density at radius 1 is 1.53 bits per heavy atom. The van der Waals surface area contributed by atoms with Gasteiger partial charge in [-0.1, -0.05) is 12.1 Å². The molecule has 2 rings (SSSR count). The van der Waals surface area contributed by atoms with Crippen molar-refractivity contribution in [3.63, 3.8) is 0 Å². The molecule has 1 fully saturated rings. The zero-order valence-electron chi connectivity index (χ0n) is 9.02. The van der Waals surface area contributed by atoms with Crippen LogP contribution in [0.3, 0.4) is 0 Å². The number of aliphatic hydroxyl groups is 1. The summed E-state index contributed by atoms with van der Waals surface area (Å²) in [4.78, 5) is 2.26. The minimum absolute atomic E-state index is 0.143. The van der Waals surface area contributed by atoms with Crippen LogP contribution < -0.4 is 4.74 Å². The average molecular weight is 207 g/mol. The molecular weight excluding hydrogens is 190 g/mol. The van der Waals surface area contributed by atoms with Crippen molar-refractivity contribution >= 4 is 0 Å². The van der Waals surface area contributed by atoms with Crippen molar-refractivity contribution in [3.05, 3.63) is 29.8 Å². The summed E-state index contributed by atoms with van der Waals surface area (Å²) in [6.45, 7) is 2.67. The van der Waals surface area contributed by atoms with E-state index in [0.29, 0.717) is 0 Å². The van der Waals surface area contributed by atoms with E-state index in [1.54, 1.807) is 7.11 Å². The van der Waals surface area contributed by atoms with Gasteiger partial charge in [-0.25, -0.2) is 0 Å². The molecule has 0 radical (unpaired) electrons. The van der Waals surface area contributed by atoms with Gasteiger partial charge in [0.05, 0.1) is 13.2 Å². The van der Waals surface area contributed by atoms with E-state index in [9.17, 15) is 5.11 Å². The maximum absolute atomic E-state index is 9.41. The van der Waals surface area contributed by atoms with E-state index >= 15 is 0 Å². The standard InChI is InChI=1S/C12H17NO2/c1-15-12-4-2-3-10(7-12)8-13-6-5-11(14)9-13/h2-4,7,11,14H,5-6,8-9H2,1H3/t11-/m1/s1. The van der Waals surface area contributed by atoms with E-state index < -0.39 is 0 Å². The van der Waals surface area contributed by atoms with E-state index in [-0.39, 0.29) is 6.10 Å². The van der Waals surface area contributed by atoms with Gasteiger partial charge in [-0.2, -0.15) is 0 Å². The molecule has 1 N–H and O–H groups in total. The highest BCUT2D eigenvalue weighted by Crippen LogP contribution is 2.17. The van der Waals surface area contributed by atoms with Crippen LogP contribution in [0.15, 0.2) is 24.3 Å². The molecular formula is C12H17NO2. The lowest BCUT2D eigenvalue weighted by atomic mass is 10.2. The molecule has 1 heterocycles. The predicted molar refractivity (Wildman–Crippen MR) is 58.9 cm³/mol. The number of hydrogen-bond donors (Lipinski definition) is 1. The largest absolute Gasteiger partial charge is 0.497 e.